The van der Waals surface area contributed by atoms with E-state index in [9.17, 15) is 0 Å². The number of hydrogen-bond donors (Lipinski definition) is 3. The number of benzene rings is 1. The predicted octanol–water partition coefficient (Wildman–Crippen LogP) is 2.73. The Hall–Kier alpha value is -2.47. The van der Waals surface area contributed by atoms with Crippen molar-refractivity contribution in [3.8, 4) is 0 Å². The lowest BCUT2D eigenvalue weighted by Gasteiger charge is -2.15. The number of ether oxygens (including phenoxy) is 1. The summed E-state index contributed by atoms with van der Waals surface area (Å²) in [6.07, 6.45) is 4.31. The molecule has 0 amide bonds. The van der Waals surface area contributed by atoms with Gasteiger partial charge in [0.05, 0.1) is 17.7 Å². The van der Waals surface area contributed by atoms with Gasteiger partial charge in [0.15, 0.2) is 11.6 Å². The standard InChI is InChI=1S/C21H30N8O.HI/c1-16(17-8-5-4-6-9-17)30-13-7-10-24-21(22-2)25-12-11-23-19-18-14-28-29(3)20(18)27-15-26-19;/h4-6,8-9,14-16H,7,10-13H2,1-3H3,(H2,22,24,25)(H,23,26,27);1H. The second kappa shape index (κ2) is 13.1. The highest BCUT2D eigenvalue weighted by Gasteiger charge is 2.07. The molecule has 31 heavy (non-hydrogen) atoms. The minimum Gasteiger partial charge on any atom is -0.374 e. The van der Waals surface area contributed by atoms with Crippen LogP contribution in [-0.2, 0) is 11.8 Å². The molecule has 1 atom stereocenters. The molecule has 0 fully saturated rings. The van der Waals surface area contributed by atoms with Crippen LogP contribution in [0.2, 0.25) is 0 Å². The lowest BCUT2D eigenvalue weighted by molar-refractivity contribution is 0.0646. The number of hydrogen-bond acceptors (Lipinski definition) is 6. The molecule has 3 rings (SSSR count). The summed E-state index contributed by atoms with van der Waals surface area (Å²) in [4.78, 5) is 12.8. The quantitative estimate of drug-likeness (QED) is 0.158. The number of rotatable bonds is 10. The smallest absolute Gasteiger partial charge is 0.191 e. The van der Waals surface area contributed by atoms with Gasteiger partial charge in [0.1, 0.15) is 12.1 Å². The van der Waals surface area contributed by atoms with E-state index in [2.05, 4.69) is 55.1 Å². The minimum absolute atomic E-state index is 0. The summed E-state index contributed by atoms with van der Waals surface area (Å²) in [5.41, 5.74) is 2.00. The Kier molecular flexibility index (Phi) is 10.4. The van der Waals surface area contributed by atoms with Crippen molar-refractivity contribution in [1.82, 2.24) is 30.4 Å². The molecule has 0 aliphatic heterocycles. The van der Waals surface area contributed by atoms with Gasteiger partial charge >= 0.3 is 0 Å². The molecule has 0 radical (unpaired) electrons. The average molecular weight is 538 g/mol. The van der Waals surface area contributed by atoms with Gasteiger partial charge in [-0.15, -0.1) is 24.0 Å². The zero-order valence-corrected chi connectivity index (χ0v) is 20.5. The Morgan fingerprint density at radius 3 is 2.68 bits per heavy atom. The van der Waals surface area contributed by atoms with Crippen LogP contribution >= 0.6 is 24.0 Å². The first-order chi connectivity index (χ1) is 14.7. The average Bonchev–Trinajstić information content (AvgIpc) is 3.17. The number of anilines is 1. The first-order valence-electron chi connectivity index (χ1n) is 10.2. The molecule has 10 heteroatoms. The molecule has 0 bridgehead atoms. The molecule has 9 nitrogen and oxygen atoms in total. The summed E-state index contributed by atoms with van der Waals surface area (Å²) >= 11 is 0. The van der Waals surface area contributed by atoms with Gasteiger partial charge in [-0.3, -0.25) is 9.67 Å². The van der Waals surface area contributed by atoms with Gasteiger partial charge in [0, 0.05) is 40.3 Å². The maximum atomic E-state index is 5.90. The summed E-state index contributed by atoms with van der Waals surface area (Å²) in [5, 5.41) is 15.0. The van der Waals surface area contributed by atoms with Crippen LogP contribution in [0.4, 0.5) is 5.82 Å². The van der Waals surface area contributed by atoms with Crippen molar-refractivity contribution in [2.45, 2.75) is 19.4 Å². The highest BCUT2D eigenvalue weighted by molar-refractivity contribution is 14.0. The van der Waals surface area contributed by atoms with E-state index in [0.717, 1.165) is 35.8 Å². The number of halogens is 1. The molecule has 3 N–H and O–H groups in total. The maximum absolute atomic E-state index is 5.90. The fourth-order valence-corrected chi connectivity index (χ4v) is 3.04. The summed E-state index contributed by atoms with van der Waals surface area (Å²) in [5.74, 6) is 1.55. The third-order valence-corrected chi connectivity index (χ3v) is 4.71. The predicted molar refractivity (Wildman–Crippen MR) is 135 cm³/mol. The highest BCUT2D eigenvalue weighted by Crippen LogP contribution is 2.17. The third-order valence-electron chi connectivity index (χ3n) is 4.71. The van der Waals surface area contributed by atoms with Crippen molar-refractivity contribution in [2.24, 2.45) is 12.0 Å². The first kappa shape index (κ1) is 24.8. The van der Waals surface area contributed by atoms with Crippen LogP contribution < -0.4 is 16.0 Å². The van der Waals surface area contributed by atoms with E-state index in [1.807, 2.05) is 25.2 Å². The molecule has 1 unspecified atom stereocenters. The number of guanidine groups is 1. The molecular formula is C21H31IN8O. The Balaban J connectivity index is 0.00000341. The first-order valence-corrected chi connectivity index (χ1v) is 10.2. The van der Waals surface area contributed by atoms with Crippen LogP contribution in [0.5, 0.6) is 0 Å². The van der Waals surface area contributed by atoms with E-state index in [-0.39, 0.29) is 30.1 Å². The molecule has 2 heterocycles. The number of nitrogens with zero attached hydrogens (tertiary/aromatic N) is 5. The van der Waals surface area contributed by atoms with Crippen molar-refractivity contribution < 1.29 is 4.74 Å². The van der Waals surface area contributed by atoms with Crippen molar-refractivity contribution in [2.75, 3.05) is 38.6 Å². The molecule has 0 spiro atoms. The number of aliphatic imine (C=N–C) groups is 1. The Bertz CT molecular complexity index is 947. The molecule has 0 aliphatic carbocycles. The normalized spacial score (nSPS) is 12.3. The second-order valence-corrected chi connectivity index (χ2v) is 6.86. The van der Waals surface area contributed by atoms with E-state index >= 15 is 0 Å². The second-order valence-electron chi connectivity index (χ2n) is 6.86. The van der Waals surface area contributed by atoms with Crippen molar-refractivity contribution in [3.63, 3.8) is 0 Å². The van der Waals surface area contributed by atoms with Crippen LogP contribution in [0.15, 0.2) is 47.8 Å². The van der Waals surface area contributed by atoms with Gasteiger partial charge in [-0.2, -0.15) is 5.10 Å². The van der Waals surface area contributed by atoms with E-state index < -0.39 is 0 Å². The van der Waals surface area contributed by atoms with E-state index in [0.29, 0.717) is 19.7 Å². The number of nitrogens with one attached hydrogen (secondary N) is 3. The molecule has 168 valence electrons. The Morgan fingerprint density at radius 1 is 1.13 bits per heavy atom. The lowest BCUT2D eigenvalue weighted by Crippen LogP contribution is -2.40. The van der Waals surface area contributed by atoms with Crippen LogP contribution in [0, 0.1) is 0 Å². The maximum Gasteiger partial charge on any atom is 0.191 e. The van der Waals surface area contributed by atoms with Gasteiger partial charge in [-0.1, -0.05) is 30.3 Å². The number of aromatic nitrogens is 4. The number of fused-ring (bicyclic) bond motifs is 1. The van der Waals surface area contributed by atoms with Crippen molar-refractivity contribution >= 4 is 46.8 Å². The van der Waals surface area contributed by atoms with Crippen LogP contribution in [0.1, 0.15) is 25.0 Å². The Labute approximate surface area is 200 Å². The van der Waals surface area contributed by atoms with Gasteiger partial charge in [-0.05, 0) is 18.9 Å². The number of aryl methyl sites for hydroxylation is 1. The molecule has 0 saturated heterocycles. The van der Waals surface area contributed by atoms with Crippen molar-refractivity contribution in [3.05, 3.63) is 48.4 Å². The van der Waals surface area contributed by atoms with E-state index in [1.165, 1.54) is 5.56 Å². The lowest BCUT2D eigenvalue weighted by atomic mass is 10.1. The zero-order valence-electron chi connectivity index (χ0n) is 18.2. The summed E-state index contributed by atoms with van der Waals surface area (Å²) in [7, 11) is 3.63. The Morgan fingerprint density at radius 2 is 1.90 bits per heavy atom. The molecule has 2 aromatic heterocycles. The van der Waals surface area contributed by atoms with Crippen LogP contribution in [0.25, 0.3) is 11.0 Å². The van der Waals surface area contributed by atoms with Gasteiger partial charge in [0.25, 0.3) is 0 Å². The van der Waals surface area contributed by atoms with Gasteiger partial charge in [0.2, 0.25) is 0 Å². The molecule has 0 saturated carbocycles. The van der Waals surface area contributed by atoms with E-state index in [1.54, 1.807) is 24.3 Å². The van der Waals surface area contributed by atoms with Crippen LogP contribution in [-0.4, -0.2) is 59.0 Å². The molecule has 0 aliphatic rings. The largest absolute Gasteiger partial charge is 0.374 e. The summed E-state index contributed by atoms with van der Waals surface area (Å²) in [6, 6.07) is 10.3. The third kappa shape index (κ3) is 7.31. The molecule has 3 aromatic rings. The molecule has 1 aromatic carbocycles. The van der Waals surface area contributed by atoms with Crippen molar-refractivity contribution in [1.29, 1.82) is 0 Å². The minimum atomic E-state index is 0. The fourth-order valence-electron chi connectivity index (χ4n) is 3.04. The summed E-state index contributed by atoms with van der Waals surface area (Å²) in [6.45, 7) is 4.95. The highest BCUT2D eigenvalue weighted by atomic mass is 127. The zero-order chi connectivity index (χ0) is 21.2. The molecular weight excluding hydrogens is 507 g/mol. The van der Waals surface area contributed by atoms with Crippen LogP contribution in [0.3, 0.4) is 0 Å². The monoisotopic (exact) mass is 538 g/mol. The fraction of sp³-hybridized carbons (Fsp3) is 0.429. The summed E-state index contributed by atoms with van der Waals surface area (Å²) < 4.78 is 7.63. The van der Waals surface area contributed by atoms with Gasteiger partial charge < -0.3 is 20.7 Å². The SMILES string of the molecule is CN=C(NCCCOC(C)c1ccccc1)NCCNc1ncnc2c1cnn2C.I. The van der Waals surface area contributed by atoms with Gasteiger partial charge in [-0.25, -0.2) is 9.97 Å². The topological polar surface area (TPSA) is 101 Å². The van der Waals surface area contributed by atoms with E-state index in [4.69, 9.17) is 4.74 Å².